The molecular formula is C15H23NO2S. The first-order valence-electron chi connectivity index (χ1n) is 7.09. The van der Waals surface area contributed by atoms with Crippen molar-refractivity contribution in [3.8, 4) is 0 Å². The third-order valence-electron chi connectivity index (χ3n) is 4.20. The fourth-order valence-electron chi connectivity index (χ4n) is 2.72. The third kappa shape index (κ3) is 3.50. The molecule has 3 nitrogen and oxygen atoms in total. The van der Waals surface area contributed by atoms with E-state index in [0.717, 1.165) is 24.1 Å². The lowest BCUT2D eigenvalue weighted by atomic mass is 9.98. The van der Waals surface area contributed by atoms with Gasteiger partial charge in [0.15, 0.2) is 9.84 Å². The SMILES string of the molecule is CCS(=O)(=O)c1ccc(NCC2CCCC2C)cc1. The Hall–Kier alpha value is -1.03. The molecule has 1 N–H and O–H groups in total. The topological polar surface area (TPSA) is 46.2 Å². The third-order valence-corrected chi connectivity index (χ3v) is 5.95. The van der Waals surface area contributed by atoms with E-state index in [1.807, 2.05) is 12.1 Å². The van der Waals surface area contributed by atoms with Crippen LogP contribution in [-0.4, -0.2) is 20.7 Å². The highest BCUT2D eigenvalue weighted by Gasteiger charge is 2.22. The van der Waals surface area contributed by atoms with E-state index in [9.17, 15) is 8.42 Å². The molecule has 1 aliphatic carbocycles. The minimum Gasteiger partial charge on any atom is -0.385 e. The Kier molecular flexibility index (Phi) is 4.50. The smallest absolute Gasteiger partial charge is 0.178 e. The van der Waals surface area contributed by atoms with E-state index in [1.54, 1.807) is 19.1 Å². The van der Waals surface area contributed by atoms with Crippen molar-refractivity contribution in [2.75, 3.05) is 17.6 Å². The number of rotatable bonds is 5. The van der Waals surface area contributed by atoms with Crippen molar-refractivity contribution < 1.29 is 8.42 Å². The molecule has 0 aliphatic heterocycles. The summed E-state index contributed by atoms with van der Waals surface area (Å²) in [7, 11) is -3.08. The van der Waals surface area contributed by atoms with Gasteiger partial charge in [-0.05, 0) is 42.5 Å². The van der Waals surface area contributed by atoms with Crippen LogP contribution in [0.15, 0.2) is 29.2 Å². The predicted molar refractivity (Wildman–Crippen MR) is 79.2 cm³/mol. The van der Waals surface area contributed by atoms with E-state index >= 15 is 0 Å². The van der Waals surface area contributed by atoms with E-state index in [4.69, 9.17) is 0 Å². The van der Waals surface area contributed by atoms with Crippen molar-refractivity contribution >= 4 is 15.5 Å². The quantitative estimate of drug-likeness (QED) is 0.900. The minimum absolute atomic E-state index is 0.152. The van der Waals surface area contributed by atoms with E-state index in [2.05, 4.69) is 12.2 Å². The number of hydrogen-bond donors (Lipinski definition) is 1. The maximum Gasteiger partial charge on any atom is 0.178 e. The van der Waals surface area contributed by atoms with Gasteiger partial charge in [0.1, 0.15) is 0 Å². The van der Waals surface area contributed by atoms with Gasteiger partial charge in [0, 0.05) is 12.2 Å². The zero-order chi connectivity index (χ0) is 13.9. The largest absolute Gasteiger partial charge is 0.385 e. The van der Waals surface area contributed by atoms with Gasteiger partial charge in [-0.3, -0.25) is 0 Å². The maximum absolute atomic E-state index is 11.7. The Balaban J connectivity index is 1.96. The van der Waals surface area contributed by atoms with Crippen molar-refractivity contribution in [3.63, 3.8) is 0 Å². The van der Waals surface area contributed by atoms with Gasteiger partial charge in [0.2, 0.25) is 0 Å². The van der Waals surface area contributed by atoms with E-state index in [0.29, 0.717) is 4.90 Å². The molecule has 0 aromatic heterocycles. The van der Waals surface area contributed by atoms with Crippen LogP contribution in [0.5, 0.6) is 0 Å². The molecule has 1 aromatic carbocycles. The molecule has 2 atom stereocenters. The van der Waals surface area contributed by atoms with Gasteiger partial charge in [-0.1, -0.05) is 26.7 Å². The van der Waals surface area contributed by atoms with Crippen LogP contribution in [0.4, 0.5) is 5.69 Å². The average molecular weight is 281 g/mol. The molecule has 0 amide bonds. The summed E-state index contributed by atoms with van der Waals surface area (Å²) < 4.78 is 23.4. The van der Waals surface area contributed by atoms with E-state index in [1.165, 1.54) is 19.3 Å². The first-order chi connectivity index (χ1) is 9.03. The molecular weight excluding hydrogens is 258 g/mol. The molecule has 0 saturated heterocycles. The fourth-order valence-corrected chi connectivity index (χ4v) is 3.61. The normalized spacial score (nSPS) is 23.5. The molecule has 4 heteroatoms. The van der Waals surface area contributed by atoms with Crippen molar-refractivity contribution in [1.82, 2.24) is 0 Å². The molecule has 1 fully saturated rings. The van der Waals surface area contributed by atoms with Crippen LogP contribution in [0.2, 0.25) is 0 Å². The highest BCUT2D eigenvalue weighted by atomic mass is 32.2. The summed E-state index contributed by atoms with van der Waals surface area (Å²) >= 11 is 0. The van der Waals surface area contributed by atoms with Crippen molar-refractivity contribution in [1.29, 1.82) is 0 Å². The summed E-state index contributed by atoms with van der Waals surface area (Å²) in [6.07, 6.45) is 3.97. The standard InChI is InChI=1S/C15H23NO2S/c1-3-19(17,18)15-9-7-14(8-10-15)16-11-13-6-4-5-12(13)2/h7-10,12-13,16H,3-6,11H2,1-2H3. The van der Waals surface area contributed by atoms with Crippen LogP contribution >= 0.6 is 0 Å². The first-order valence-corrected chi connectivity index (χ1v) is 8.75. The predicted octanol–water partition coefficient (Wildman–Crippen LogP) is 3.33. The summed E-state index contributed by atoms with van der Waals surface area (Å²) in [5.74, 6) is 1.70. The summed E-state index contributed by atoms with van der Waals surface area (Å²) in [5.41, 5.74) is 1.01. The second-order valence-electron chi connectivity index (χ2n) is 5.48. The van der Waals surface area contributed by atoms with Crippen LogP contribution in [0.25, 0.3) is 0 Å². The van der Waals surface area contributed by atoms with Gasteiger partial charge in [-0.15, -0.1) is 0 Å². The second kappa shape index (κ2) is 5.95. The Bertz CT molecular complexity index is 507. The van der Waals surface area contributed by atoms with Gasteiger partial charge in [-0.25, -0.2) is 8.42 Å². The minimum atomic E-state index is -3.08. The molecule has 1 aliphatic rings. The molecule has 19 heavy (non-hydrogen) atoms. The average Bonchev–Trinajstić information content (AvgIpc) is 2.82. The summed E-state index contributed by atoms with van der Waals surface area (Å²) in [4.78, 5) is 0.412. The highest BCUT2D eigenvalue weighted by molar-refractivity contribution is 7.91. The van der Waals surface area contributed by atoms with Crippen LogP contribution in [-0.2, 0) is 9.84 Å². The zero-order valence-corrected chi connectivity index (χ0v) is 12.5. The molecule has 0 bridgehead atoms. The van der Waals surface area contributed by atoms with Crippen LogP contribution in [0, 0.1) is 11.8 Å². The van der Waals surface area contributed by atoms with Crippen molar-refractivity contribution in [3.05, 3.63) is 24.3 Å². The Morgan fingerprint density at radius 3 is 2.42 bits per heavy atom. The summed E-state index contributed by atoms with van der Waals surface area (Å²) in [6.45, 7) is 4.97. The van der Waals surface area contributed by atoms with Gasteiger partial charge in [0.05, 0.1) is 10.6 Å². The lowest BCUT2D eigenvalue weighted by Gasteiger charge is -2.16. The lowest BCUT2D eigenvalue weighted by Crippen LogP contribution is -2.16. The molecule has 2 unspecified atom stereocenters. The number of nitrogens with one attached hydrogen (secondary N) is 1. The Morgan fingerprint density at radius 1 is 1.21 bits per heavy atom. The molecule has 1 aromatic rings. The monoisotopic (exact) mass is 281 g/mol. The molecule has 1 saturated carbocycles. The number of hydrogen-bond acceptors (Lipinski definition) is 3. The summed E-state index contributed by atoms with van der Waals surface area (Å²) in [5, 5.41) is 3.42. The lowest BCUT2D eigenvalue weighted by molar-refractivity contribution is 0.439. The highest BCUT2D eigenvalue weighted by Crippen LogP contribution is 2.31. The van der Waals surface area contributed by atoms with Gasteiger partial charge in [0.25, 0.3) is 0 Å². The van der Waals surface area contributed by atoms with Crippen LogP contribution in [0.1, 0.15) is 33.1 Å². The van der Waals surface area contributed by atoms with E-state index in [-0.39, 0.29) is 5.75 Å². The zero-order valence-electron chi connectivity index (χ0n) is 11.7. The molecule has 0 spiro atoms. The Morgan fingerprint density at radius 2 is 1.89 bits per heavy atom. The summed E-state index contributed by atoms with van der Waals surface area (Å²) in [6, 6.07) is 7.11. The van der Waals surface area contributed by atoms with Crippen LogP contribution < -0.4 is 5.32 Å². The van der Waals surface area contributed by atoms with Gasteiger partial charge >= 0.3 is 0 Å². The van der Waals surface area contributed by atoms with Crippen LogP contribution in [0.3, 0.4) is 0 Å². The van der Waals surface area contributed by atoms with Gasteiger partial charge < -0.3 is 5.32 Å². The fraction of sp³-hybridized carbons (Fsp3) is 0.600. The molecule has 106 valence electrons. The maximum atomic E-state index is 11.7. The van der Waals surface area contributed by atoms with Crippen molar-refractivity contribution in [2.24, 2.45) is 11.8 Å². The van der Waals surface area contributed by atoms with Gasteiger partial charge in [-0.2, -0.15) is 0 Å². The Labute approximate surface area is 116 Å². The number of benzene rings is 1. The molecule has 0 radical (unpaired) electrons. The van der Waals surface area contributed by atoms with Crippen molar-refractivity contribution in [2.45, 2.75) is 38.0 Å². The first kappa shape index (κ1) is 14.4. The number of anilines is 1. The number of sulfone groups is 1. The molecule has 2 rings (SSSR count). The van der Waals surface area contributed by atoms with E-state index < -0.39 is 9.84 Å². The molecule has 0 heterocycles. The second-order valence-corrected chi connectivity index (χ2v) is 7.76.